The Bertz CT molecular complexity index is 1310. The number of nitrogens with one attached hydrogen (secondary N) is 4. The number of rotatable bonds is 7. The van der Waals surface area contributed by atoms with E-state index in [2.05, 4.69) is 42.6 Å². The molecule has 1 aliphatic carbocycles. The van der Waals surface area contributed by atoms with Gasteiger partial charge in [-0.15, -0.1) is 5.10 Å². The number of nitrogens with zero attached hydrogens (tertiary/aromatic N) is 3. The van der Waals surface area contributed by atoms with E-state index in [0.717, 1.165) is 45.9 Å². The third-order valence-electron chi connectivity index (χ3n) is 6.97. The van der Waals surface area contributed by atoms with Gasteiger partial charge in [0.25, 0.3) is 0 Å². The molecule has 1 aliphatic rings. The van der Waals surface area contributed by atoms with Crippen molar-refractivity contribution in [2.24, 2.45) is 5.92 Å². The van der Waals surface area contributed by atoms with Crippen LogP contribution in [-0.4, -0.2) is 33.2 Å². The van der Waals surface area contributed by atoms with E-state index in [-0.39, 0.29) is 6.03 Å². The zero-order valence-electron chi connectivity index (χ0n) is 21.1. The molecule has 5 rings (SSSR count). The Morgan fingerprint density at radius 1 is 0.892 bits per heavy atom. The highest BCUT2D eigenvalue weighted by molar-refractivity contribution is 6.02. The average Bonchev–Trinajstić information content (AvgIpc) is 3.33. The van der Waals surface area contributed by atoms with Gasteiger partial charge in [0.2, 0.25) is 0 Å². The lowest BCUT2D eigenvalue weighted by molar-refractivity contribution is 0.262. The van der Waals surface area contributed by atoms with E-state index in [1.165, 1.54) is 38.5 Å². The Morgan fingerprint density at radius 2 is 1.65 bits per heavy atom. The number of anilines is 3. The topological polar surface area (TPSA) is 108 Å². The fourth-order valence-corrected chi connectivity index (χ4v) is 4.93. The van der Waals surface area contributed by atoms with Crippen molar-refractivity contribution in [2.75, 3.05) is 22.5 Å². The van der Waals surface area contributed by atoms with E-state index in [9.17, 15) is 4.79 Å². The SMILES string of the molecule is Cc1ccc(NC(=O)Nc2cc(-c3ccccc3-c3nnn[nH]3)ccc2NCC2CCCCCC2)cc1. The van der Waals surface area contributed by atoms with Crippen LogP contribution in [0.4, 0.5) is 21.9 Å². The molecule has 1 heterocycles. The van der Waals surface area contributed by atoms with Crippen molar-refractivity contribution in [2.45, 2.75) is 45.4 Å². The minimum atomic E-state index is -0.286. The molecule has 3 aromatic carbocycles. The molecule has 0 radical (unpaired) electrons. The third-order valence-corrected chi connectivity index (χ3v) is 6.97. The average molecular weight is 496 g/mol. The van der Waals surface area contributed by atoms with Crippen LogP contribution in [0.2, 0.25) is 0 Å². The van der Waals surface area contributed by atoms with Crippen LogP contribution in [0.15, 0.2) is 66.7 Å². The molecular formula is C29H33N7O. The van der Waals surface area contributed by atoms with Gasteiger partial charge in [-0.05, 0) is 71.5 Å². The smallest absolute Gasteiger partial charge is 0.323 e. The molecule has 190 valence electrons. The lowest BCUT2D eigenvalue weighted by atomic mass is 9.97. The fourth-order valence-electron chi connectivity index (χ4n) is 4.93. The summed E-state index contributed by atoms with van der Waals surface area (Å²) >= 11 is 0. The normalized spacial score (nSPS) is 14.1. The fraction of sp³-hybridized carbons (Fsp3) is 0.310. The molecule has 1 saturated carbocycles. The van der Waals surface area contributed by atoms with E-state index >= 15 is 0 Å². The third kappa shape index (κ3) is 6.33. The molecule has 0 saturated heterocycles. The standard InChI is InChI=1S/C29H33N7O/c1-20-12-15-23(16-13-20)31-29(37)32-27-18-22(24-10-6-7-11-25(24)28-33-35-36-34-28)14-17-26(27)30-19-21-8-4-2-3-5-9-21/h6-7,10-18,21,30H,2-5,8-9,19H2,1H3,(H2,31,32,37)(H,33,34,35,36). The predicted molar refractivity (Wildman–Crippen MR) is 149 cm³/mol. The van der Waals surface area contributed by atoms with E-state index in [1.807, 2.05) is 67.6 Å². The van der Waals surface area contributed by atoms with Crippen molar-refractivity contribution < 1.29 is 4.79 Å². The first-order chi connectivity index (χ1) is 18.2. The summed E-state index contributed by atoms with van der Waals surface area (Å²) in [5, 5.41) is 24.0. The molecule has 4 aromatic rings. The summed E-state index contributed by atoms with van der Waals surface area (Å²) in [4.78, 5) is 13.0. The first-order valence-corrected chi connectivity index (χ1v) is 13.0. The van der Waals surface area contributed by atoms with Gasteiger partial charge in [0.05, 0.1) is 11.4 Å². The Balaban J connectivity index is 1.42. The number of aromatic amines is 1. The maximum absolute atomic E-state index is 13.0. The van der Waals surface area contributed by atoms with Crippen molar-refractivity contribution >= 4 is 23.1 Å². The minimum Gasteiger partial charge on any atom is -0.383 e. The Hall–Kier alpha value is -4.20. The predicted octanol–water partition coefficient (Wildman–Crippen LogP) is 6.87. The van der Waals surface area contributed by atoms with Crippen LogP contribution >= 0.6 is 0 Å². The molecule has 4 N–H and O–H groups in total. The maximum atomic E-state index is 13.0. The van der Waals surface area contributed by atoms with Crippen molar-refractivity contribution in [1.29, 1.82) is 0 Å². The summed E-state index contributed by atoms with van der Waals surface area (Å²) in [6, 6.07) is 21.5. The lowest BCUT2D eigenvalue weighted by Gasteiger charge is -2.19. The Labute approximate surface area is 217 Å². The van der Waals surface area contributed by atoms with Gasteiger partial charge in [-0.25, -0.2) is 9.89 Å². The van der Waals surface area contributed by atoms with Crippen LogP contribution in [0.5, 0.6) is 0 Å². The zero-order chi connectivity index (χ0) is 25.5. The van der Waals surface area contributed by atoms with Crippen molar-refractivity contribution in [3.8, 4) is 22.5 Å². The monoisotopic (exact) mass is 495 g/mol. The number of aromatic nitrogens is 4. The summed E-state index contributed by atoms with van der Waals surface area (Å²) < 4.78 is 0. The second kappa shape index (κ2) is 11.7. The Kier molecular flexibility index (Phi) is 7.74. The van der Waals surface area contributed by atoms with Crippen molar-refractivity contribution in [1.82, 2.24) is 20.6 Å². The summed E-state index contributed by atoms with van der Waals surface area (Å²) in [6.07, 6.45) is 7.75. The molecule has 1 aromatic heterocycles. The number of tetrazole rings is 1. The number of H-pyrrole nitrogens is 1. The highest BCUT2D eigenvalue weighted by atomic mass is 16.2. The van der Waals surface area contributed by atoms with Crippen LogP contribution in [0.25, 0.3) is 22.5 Å². The molecule has 2 amide bonds. The van der Waals surface area contributed by atoms with Gasteiger partial charge in [0.1, 0.15) is 0 Å². The number of carbonyl (C=O) groups is 1. The van der Waals surface area contributed by atoms with Gasteiger partial charge >= 0.3 is 6.03 Å². The van der Waals surface area contributed by atoms with E-state index in [4.69, 9.17) is 0 Å². The van der Waals surface area contributed by atoms with Crippen LogP contribution in [-0.2, 0) is 0 Å². The van der Waals surface area contributed by atoms with Crippen LogP contribution in [0.3, 0.4) is 0 Å². The quantitative estimate of drug-likeness (QED) is 0.209. The van der Waals surface area contributed by atoms with Crippen molar-refractivity contribution in [3.63, 3.8) is 0 Å². The molecule has 0 unspecified atom stereocenters. The molecule has 0 aliphatic heterocycles. The molecule has 1 fully saturated rings. The molecule has 37 heavy (non-hydrogen) atoms. The van der Waals surface area contributed by atoms with Gasteiger partial charge in [-0.3, -0.25) is 0 Å². The summed E-state index contributed by atoms with van der Waals surface area (Å²) in [7, 11) is 0. The highest BCUT2D eigenvalue weighted by Gasteiger charge is 2.16. The number of aryl methyl sites for hydroxylation is 1. The molecule has 0 spiro atoms. The second-order valence-electron chi connectivity index (χ2n) is 9.74. The van der Waals surface area contributed by atoms with Gasteiger partial charge in [-0.1, -0.05) is 73.7 Å². The van der Waals surface area contributed by atoms with Crippen LogP contribution in [0.1, 0.15) is 44.1 Å². The summed E-state index contributed by atoms with van der Waals surface area (Å²) in [5.41, 5.74) is 6.34. The van der Waals surface area contributed by atoms with E-state index in [0.29, 0.717) is 11.7 Å². The largest absolute Gasteiger partial charge is 0.383 e. The number of urea groups is 1. The Morgan fingerprint density at radius 3 is 2.38 bits per heavy atom. The summed E-state index contributed by atoms with van der Waals surface area (Å²) in [5.74, 6) is 1.24. The van der Waals surface area contributed by atoms with Crippen LogP contribution in [0, 0.1) is 12.8 Å². The molecule has 8 heteroatoms. The second-order valence-corrected chi connectivity index (χ2v) is 9.74. The van der Waals surface area contributed by atoms with Gasteiger partial charge in [-0.2, -0.15) is 0 Å². The first-order valence-electron chi connectivity index (χ1n) is 13.0. The molecule has 0 bridgehead atoms. The number of amides is 2. The van der Waals surface area contributed by atoms with E-state index < -0.39 is 0 Å². The minimum absolute atomic E-state index is 0.286. The molecular weight excluding hydrogens is 462 g/mol. The number of carbonyl (C=O) groups excluding carboxylic acids is 1. The van der Waals surface area contributed by atoms with Crippen molar-refractivity contribution in [3.05, 3.63) is 72.3 Å². The molecule has 8 nitrogen and oxygen atoms in total. The molecule has 0 atom stereocenters. The highest BCUT2D eigenvalue weighted by Crippen LogP contribution is 2.35. The zero-order valence-corrected chi connectivity index (χ0v) is 21.1. The number of hydrogen-bond donors (Lipinski definition) is 4. The lowest BCUT2D eigenvalue weighted by Crippen LogP contribution is -2.21. The van der Waals surface area contributed by atoms with Crippen LogP contribution < -0.4 is 16.0 Å². The first kappa shape index (κ1) is 24.5. The van der Waals surface area contributed by atoms with Gasteiger partial charge in [0, 0.05) is 17.8 Å². The maximum Gasteiger partial charge on any atom is 0.323 e. The van der Waals surface area contributed by atoms with Gasteiger partial charge < -0.3 is 16.0 Å². The number of hydrogen-bond acceptors (Lipinski definition) is 5. The number of benzene rings is 3. The van der Waals surface area contributed by atoms with E-state index in [1.54, 1.807) is 0 Å². The summed E-state index contributed by atoms with van der Waals surface area (Å²) in [6.45, 7) is 2.92. The van der Waals surface area contributed by atoms with Gasteiger partial charge in [0.15, 0.2) is 5.82 Å².